The van der Waals surface area contributed by atoms with Crippen LogP contribution in [-0.4, -0.2) is 38.7 Å². The first kappa shape index (κ1) is 20.5. The molecule has 1 rings (SSSR count). The third-order valence-electron chi connectivity index (χ3n) is 4.18. The first-order valence-corrected chi connectivity index (χ1v) is 7.75. The van der Waals surface area contributed by atoms with Crippen LogP contribution in [-0.2, 0) is 9.53 Å². The zero-order chi connectivity index (χ0) is 14.8. The van der Waals surface area contributed by atoms with Gasteiger partial charge in [-0.15, -0.1) is 24.0 Å². The van der Waals surface area contributed by atoms with Crippen molar-refractivity contribution in [1.29, 1.82) is 0 Å². The van der Waals surface area contributed by atoms with E-state index in [0.29, 0.717) is 18.4 Å². The summed E-state index contributed by atoms with van der Waals surface area (Å²) in [5.74, 6) is 0.602. The summed E-state index contributed by atoms with van der Waals surface area (Å²) in [4.78, 5) is 15.8. The lowest BCUT2D eigenvalue weighted by atomic mass is 9.84. The Morgan fingerprint density at radius 1 is 1.24 bits per heavy atom. The van der Waals surface area contributed by atoms with Crippen molar-refractivity contribution < 1.29 is 9.53 Å². The molecule has 0 aromatic heterocycles. The summed E-state index contributed by atoms with van der Waals surface area (Å²) in [5, 5.41) is 6.42. The average Bonchev–Trinajstić information content (AvgIpc) is 2.94. The molecule has 0 unspecified atom stereocenters. The van der Waals surface area contributed by atoms with Crippen molar-refractivity contribution in [3.8, 4) is 0 Å². The minimum atomic E-state index is -0.200. The predicted octanol–water partition coefficient (Wildman–Crippen LogP) is 2.69. The van der Waals surface area contributed by atoms with E-state index in [2.05, 4.69) is 22.3 Å². The van der Waals surface area contributed by atoms with Crippen LogP contribution < -0.4 is 10.6 Å². The summed E-state index contributed by atoms with van der Waals surface area (Å²) in [7, 11) is 1.41. The third-order valence-corrected chi connectivity index (χ3v) is 4.18. The minimum absolute atomic E-state index is 0. The molecule has 0 aromatic carbocycles. The van der Waals surface area contributed by atoms with Gasteiger partial charge in [-0.3, -0.25) is 9.79 Å². The Kier molecular flexibility index (Phi) is 10.8. The summed E-state index contributed by atoms with van der Waals surface area (Å²) in [6.07, 6.45) is 6.78. The number of aliphatic imine (C=N–C) groups is 1. The number of nitrogens with zero attached hydrogens (tertiary/aromatic N) is 1. The highest BCUT2D eigenvalue weighted by atomic mass is 127. The van der Waals surface area contributed by atoms with Gasteiger partial charge in [0.2, 0.25) is 0 Å². The molecule has 0 aliphatic heterocycles. The van der Waals surface area contributed by atoms with E-state index < -0.39 is 0 Å². The lowest BCUT2D eigenvalue weighted by molar-refractivity contribution is -0.140. The van der Waals surface area contributed by atoms with Gasteiger partial charge in [0.25, 0.3) is 0 Å². The topological polar surface area (TPSA) is 62.7 Å². The van der Waals surface area contributed by atoms with Crippen LogP contribution in [0.2, 0.25) is 0 Å². The fourth-order valence-corrected chi connectivity index (χ4v) is 2.72. The van der Waals surface area contributed by atoms with Gasteiger partial charge in [0.1, 0.15) is 0 Å². The lowest BCUT2D eigenvalue weighted by Gasteiger charge is -2.25. The monoisotopic (exact) mass is 411 g/mol. The number of ether oxygens (including phenoxy) is 1. The number of hydrogen-bond donors (Lipinski definition) is 2. The Bertz CT molecular complexity index is 329. The summed E-state index contributed by atoms with van der Waals surface area (Å²) in [6.45, 7) is 6.55. The summed E-state index contributed by atoms with van der Waals surface area (Å²) in [5.41, 5.74) is 0.394. The van der Waals surface area contributed by atoms with E-state index in [1.54, 1.807) is 0 Å². The second-order valence-electron chi connectivity index (χ2n) is 5.51. The van der Waals surface area contributed by atoms with Gasteiger partial charge >= 0.3 is 5.97 Å². The van der Waals surface area contributed by atoms with Crippen LogP contribution in [0.1, 0.15) is 52.4 Å². The number of carbonyl (C=O) groups excluding carboxylic acids is 1. The fourth-order valence-electron chi connectivity index (χ4n) is 2.72. The van der Waals surface area contributed by atoms with E-state index in [1.807, 2.05) is 6.92 Å². The molecule has 21 heavy (non-hydrogen) atoms. The van der Waals surface area contributed by atoms with Gasteiger partial charge < -0.3 is 15.4 Å². The van der Waals surface area contributed by atoms with E-state index in [9.17, 15) is 4.79 Å². The highest BCUT2D eigenvalue weighted by molar-refractivity contribution is 14.0. The van der Waals surface area contributed by atoms with Gasteiger partial charge in [0.05, 0.1) is 13.5 Å². The minimum Gasteiger partial charge on any atom is -0.469 e. The highest BCUT2D eigenvalue weighted by Gasteiger charge is 2.31. The molecule has 1 aliphatic carbocycles. The standard InChI is InChI=1S/C15H29N3O2.HI/c1-4-15(9-6-7-10-15)12-18-14(16-5-2)17-11-8-13(19)20-3;/h4-12H2,1-3H3,(H2,16,17,18);1H. The molecule has 0 aromatic rings. The molecule has 0 bridgehead atoms. The molecule has 5 nitrogen and oxygen atoms in total. The molecule has 2 N–H and O–H groups in total. The first-order chi connectivity index (χ1) is 9.65. The van der Waals surface area contributed by atoms with E-state index in [-0.39, 0.29) is 29.9 Å². The molecule has 0 saturated heterocycles. The van der Waals surface area contributed by atoms with Crippen molar-refractivity contribution in [2.24, 2.45) is 10.4 Å². The van der Waals surface area contributed by atoms with Crippen molar-refractivity contribution >= 4 is 35.9 Å². The molecule has 0 amide bonds. The number of rotatable bonds is 7. The summed E-state index contributed by atoms with van der Waals surface area (Å²) in [6, 6.07) is 0. The number of guanidine groups is 1. The van der Waals surface area contributed by atoms with Crippen molar-refractivity contribution in [3.63, 3.8) is 0 Å². The molecule has 0 radical (unpaired) electrons. The Morgan fingerprint density at radius 2 is 1.90 bits per heavy atom. The quantitative estimate of drug-likeness (QED) is 0.293. The number of methoxy groups -OCH3 is 1. The largest absolute Gasteiger partial charge is 0.469 e. The van der Waals surface area contributed by atoms with Crippen molar-refractivity contribution in [1.82, 2.24) is 10.6 Å². The second-order valence-corrected chi connectivity index (χ2v) is 5.51. The maximum absolute atomic E-state index is 11.1. The van der Waals surface area contributed by atoms with E-state index in [4.69, 9.17) is 4.99 Å². The maximum Gasteiger partial charge on any atom is 0.307 e. The lowest BCUT2D eigenvalue weighted by Crippen LogP contribution is -2.39. The van der Waals surface area contributed by atoms with Gasteiger partial charge in [0, 0.05) is 19.6 Å². The van der Waals surface area contributed by atoms with E-state index >= 15 is 0 Å². The molecule has 1 aliphatic rings. The SMILES string of the molecule is CCNC(=NCC1(CC)CCCC1)NCCC(=O)OC.I. The Balaban J connectivity index is 0.00000400. The third kappa shape index (κ3) is 7.33. The van der Waals surface area contributed by atoms with E-state index in [0.717, 1.165) is 19.0 Å². The van der Waals surface area contributed by atoms with Crippen LogP contribution in [0.5, 0.6) is 0 Å². The molecular formula is C15H30IN3O2. The van der Waals surface area contributed by atoms with Gasteiger partial charge in [-0.2, -0.15) is 0 Å². The number of halogens is 1. The zero-order valence-electron chi connectivity index (χ0n) is 13.5. The molecule has 0 atom stereocenters. The number of carbonyl (C=O) groups is 1. The smallest absolute Gasteiger partial charge is 0.307 e. The predicted molar refractivity (Wildman–Crippen MR) is 97.2 cm³/mol. The van der Waals surface area contributed by atoms with Crippen molar-refractivity contribution in [2.45, 2.75) is 52.4 Å². The van der Waals surface area contributed by atoms with Crippen LogP contribution in [0.4, 0.5) is 0 Å². The van der Waals surface area contributed by atoms with Crippen LogP contribution in [0.15, 0.2) is 4.99 Å². The summed E-state index contributed by atoms with van der Waals surface area (Å²) >= 11 is 0. The Labute approximate surface area is 145 Å². The second kappa shape index (κ2) is 11.1. The number of nitrogens with one attached hydrogen (secondary N) is 2. The Morgan fingerprint density at radius 3 is 2.43 bits per heavy atom. The van der Waals surface area contributed by atoms with Crippen LogP contribution >= 0.6 is 24.0 Å². The van der Waals surface area contributed by atoms with Crippen molar-refractivity contribution in [2.75, 3.05) is 26.7 Å². The van der Waals surface area contributed by atoms with Crippen LogP contribution in [0.3, 0.4) is 0 Å². The van der Waals surface area contributed by atoms with Gasteiger partial charge in [-0.1, -0.05) is 19.8 Å². The molecule has 0 heterocycles. The van der Waals surface area contributed by atoms with Gasteiger partial charge in [0.15, 0.2) is 5.96 Å². The molecule has 1 saturated carbocycles. The molecule has 0 spiro atoms. The van der Waals surface area contributed by atoms with Crippen LogP contribution in [0, 0.1) is 5.41 Å². The highest BCUT2D eigenvalue weighted by Crippen LogP contribution is 2.41. The number of esters is 1. The summed E-state index contributed by atoms with van der Waals surface area (Å²) < 4.78 is 4.63. The molecule has 1 fully saturated rings. The molecule has 6 heteroatoms. The molecular weight excluding hydrogens is 381 g/mol. The van der Waals surface area contributed by atoms with E-state index in [1.165, 1.54) is 39.2 Å². The maximum atomic E-state index is 11.1. The Hall–Kier alpha value is -0.530. The van der Waals surface area contributed by atoms with Gasteiger partial charge in [-0.25, -0.2) is 0 Å². The average molecular weight is 411 g/mol. The molecule has 124 valence electrons. The normalized spacial score (nSPS) is 17.0. The fraction of sp³-hybridized carbons (Fsp3) is 0.867. The van der Waals surface area contributed by atoms with Crippen LogP contribution in [0.25, 0.3) is 0 Å². The first-order valence-electron chi connectivity index (χ1n) is 7.75. The number of hydrogen-bond acceptors (Lipinski definition) is 3. The zero-order valence-corrected chi connectivity index (χ0v) is 15.9. The van der Waals surface area contributed by atoms with Crippen molar-refractivity contribution in [3.05, 3.63) is 0 Å². The van der Waals surface area contributed by atoms with Gasteiger partial charge in [-0.05, 0) is 31.6 Å².